The number of aromatic nitrogens is 1. The highest BCUT2D eigenvalue weighted by atomic mass is 127. The molecule has 0 aliphatic rings. The van der Waals surface area contributed by atoms with E-state index in [1.54, 1.807) is 7.11 Å². The van der Waals surface area contributed by atoms with Gasteiger partial charge in [-0.15, -0.1) is 0 Å². The monoisotopic (exact) mass is 264 g/mol. The van der Waals surface area contributed by atoms with Crippen molar-refractivity contribution in [1.82, 2.24) is 4.98 Å². The number of hydrogen-bond donors (Lipinski definition) is 1. The van der Waals surface area contributed by atoms with Gasteiger partial charge in [0.15, 0.2) is 0 Å². The van der Waals surface area contributed by atoms with Crippen molar-refractivity contribution in [3.8, 4) is 5.75 Å². The van der Waals surface area contributed by atoms with Gasteiger partial charge in [-0.05, 0) is 22.6 Å². The van der Waals surface area contributed by atoms with E-state index >= 15 is 0 Å². The van der Waals surface area contributed by atoms with Gasteiger partial charge < -0.3 is 10.5 Å². The molecule has 0 atom stereocenters. The van der Waals surface area contributed by atoms with Crippen LogP contribution in [0.4, 0.5) is 0 Å². The van der Waals surface area contributed by atoms with Crippen LogP contribution in [0.5, 0.6) is 5.75 Å². The molecule has 1 rings (SSSR count). The Hall–Kier alpha value is -0.360. The Labute approximate surface area is 79.1 Å². The lowest BCUT2D eigenvalue weighted by Gasteiger charge is -2.02. The molecule has 0 saturated heterocycles. The van der Waals surface area contributed by atoms with Crippen molar-refractivity contribution < 1.29 is 4.74 Å². The van der Waals surface area contributed by atoms with E-state index < -0.39 is 0 Å². The first kappa shape index (κ1) is 8.73. The van der Waals surface area contributed by atoms with Crippen LogP contribution in [0.1, 0.15) is 5.69 Å². The van der Waals surface area contributed by atoms with Crippen LogP contribution in [0, 0.1) is 3.70 Å². The number of halogens is 1. The van der Waals surface area contributed by atoms with Gasteiger partial charge in [0, 0.05) is 18.7 Å². The maximum absolute atomic E-state index is 5.42. The van der Waals surface area contributed by atoms with Gasteiger partial charge in [-0.3, -0.25) is 0 Å². The summed E-state index contributed by atoms with van der Waals surface area (Å²) in [5.74, 6) is 0.810. The van der Waals surface area contributed by atoms with Crippen LogP contribution >= 0.6 is 22.6 Å². The smallest absolute Gasteiger partial charge is 0.123 e. The maximum atomic E-state index is 5.42. The Morgan fingerprint density at radius 1 is 1.64 bits per heavy atom. The second-order valence-corrected chi connectivity index (χ2v) is 3.13. The fourth-order valence-electron chi connectivity index (χ4n) is 0.747. The lowest BCUT2D eigenvalue weighted by atomic mass is 10.3. The van der Waals surface area contributed by atoms with Crippen molar-refractivity contribution in [3.63, 3.8) is 0 Å². The Morgan fingerprint density at radius 3 is 2.91 bits per heavy atom. The first-order chi connectivity index (χ1) is 5.26. The molecule has 0 aliphatic carbocycles. The zero-order chi connectivity index (χ0) is 8.27. The second-order valence-electron chi connectivity index (χ2n) is 2.03. The first-order valence-corrected chi connectivity index (χ1v) is 4.24. The molecule has 3 nitrogen and oxygen atoms in total. The standard InChI is InChI=1S/C7H9IN2O/c1-11-6-2-5(4-9)10-7(8)3-6/h2-3H,4,9H2,1H3. The quantitative estimate of drug-likeness (QED) is 0.644. The molecule has 0 bridgehead atoms. The molecular weight excluding hydrogens is 255 g/mol. The van der Waals surface area contributed by atoms with Crippen molar-refractivity contribution >= 4 is 22.6 Å². The number of nitrogens with zero attached hydrogens (tertiary/aromatic N) is 1. The molecule has 1 heterocycles. The van der Waals surface area contributed by atoms with Gasteiger partial charge in [0.2, 0.25) is 0 Å². The van der Waals surface area contributed by atoms with Crippen molar-refractivity contribution in [2.75, 3.05) is 7.11 Å². The number of ether oxygens (including phenoxy) is 1. The summed E-state index contributed by atoms with van der Waals surface area (Å²) in [6.45, 7) is 0.452. The summed E-state index contributed by atoms with van der Waals surface area (Å²) in [6.07, 6.45) is 0. The van der Waals surface area contributed by atoms with E-state index in [4.69, 9.17) is 10.5 Å². The third kappa shape index (κ3) is 2.30. The van der Waals surface area contributed by atoms with Crippen LogP contribution in [0.15, 0.2) is 12.1 Å². The maximum Gasteiger partial charge on any atom is 0.123 e. The van der Waals surface area contributed by atoms with Gasteiger partial charge in [-0.1, -0.05) is 0 Å². The third-order valence-electron chi connectivity index (χ3n) is 1.27. The van der Waals surface area contributed by atoms with Gasteiger partial charge in [0.1, 0.15) is 9.45 Å². The van der Waals surface area contributed by atoms with Crippen molar-refractivity contribution in [1.29, 1.82) is 0 Å². The van der Waals surface area contributed by atoms with E-state index in [-0.39, 0.29) is 0 Å². The summed E-state index contributed by atoms with van der Waals surface area (Å²) >= 11 is 2.13. The van der Waals surface area contributed by atoms with Gasteiger partial charge in [-0.2, -0.15) is 0 Å². The zero-order valence-corrected chi connectivity index (χ0v) is 8.33. The number of pyridine rings is 1. The molecule has 0 spiro atoms. The fourth-order valence-corrected chi connectivity index (χ4v) is 1.36. The van der Waals surface area contributed by atoms with Gasteiger partial charge >= 0.3 is 0 Å². The molecule has 0 fully saturated rings. The predicted octanol–water partition coefficient (Wildman–Crippen LogP) is 1.15. The number of nitrogens with two attached hydrogens (primary N) is 1. The fraction of sp³-hybridized carbons (Fsp3) is 0.286. The predicted molar refractivity (Wildman–Crippen MR) is 51.4 cm³/mol. The SMILES string of the molecule is COc1cc(I)nc(CN)c1. The van der Waals surface area contributed by atoms with Crippen molar-refractivity contribution in [3.05, 3.63) is 21.5 Å². The summed E-state index contributed by atoms with van der Waals surface area (Å²) in [5, 5.41) is 0. The molecule has 11 heavy (non-hydrogen) atoms. The molecule has 1 aromatic rings. The van der Waals surface area contributed by atoms with Crippen LogP contribution in [-0.2, 0) is 6.54 Å². The molecule has 4 heteroatoms. The molecule has 0 amide bonds. The highest BCUT2D eigenvalue weighted by Crippen LogP contribution is 2.14. The summed E-state index contributed by atoms with van der Waals surface area (Å²) in [5.41, 5.74) is 6.28. The number of rotatable bonds is 2. The summed E-state index contributed by atoms with van der Waals surface area (Å²) in [6, 6.07) is 3.70. The normalized spacial score (nSPS) is 9.73. The van der Waals surface area contributed by atoms with E-state index in [0.717, 1.165) is 15.1 Å². The molecule has 1 aromatic heterocycles. The van der Waals surface area contributed by atoms with E-state index in [1.807, 2.05) is 12.1 Å². The molecule has 2 N–H and O–H groups in total. The number of hydrogen-bond acceptors (Lipinski definition) is 3. The summed E-state index contributed by atoms with van der Waals surface area (Å²) in [7, 11) is 1.63. The average molecular weight is 264 g/mol. The summed E-state index contributed by atoms with van der Waals surface area (Å²) < 4.78 is 5.94. The Morgan fingerprint density at radius 2 is 2.36 bits per heavy atom. The Balaban J connectivity index is 3.02. The minimum atomic E-state index is 0.452. The lowest BCUT2D eigenvalue weighted by molar-refractivity contribution is 0.413. The largest absolute Gasteiger partial charge is 0.497 e. The molecule has 0 saturated carbocycles. The Kier molecular flexibility index (Phi) is 3.07. The highest BCUT2D eigenvalue weighted by molar-refractivity contribution is 14.1. The molecule has 0 unspecified atom stereocenters. The van der Waals surface area contributed by atoms with Gasteiger partial charge in [0.05, 0.1) is 12.8 Å². The topological polar surface area (TPSA) is 48.1 Å². The number of methoxy groups -OCH3 is 1. The van der Waals surface area contributed by atoms with Crippen LogP contribution in [0.3, 0.4) is 0 Å². The van der Waals surface area contributed by atoms with E-state index in [0.29, 0.717) is 6.54 Å². The summed E-state index contributed by atoms with van der Waals surface area (Å²) in [4.78, 5) is 4.18. The van der Waals surface area contributed by atoms with Gasteiger partial charge in [-0.25, -0.2) is 4.98 Å². The average Bonchev–Trinajstić information content (AvgIpc) is 2.03. The third-order valence-corrected chi connectivity index (χ3v) is 1.82. The van der Waals surface area contributed by atoms with Crippen LogP contribution < -0.4 is 10.5 Å². The van der Waals surface area contributed by atoms with Crippen molar-refractivity contribution in [2.24, 2.45) is 5.73 Å². The van der Waals surface area contributed by atoms with E-state index in [2.05, 4.69) is 27.6 Å². The van der Waals surface area contributed by atoms with Gasteiger partial charge in [0.25, 0.3) is 0 Å². The second kappa shape index (κ2) is 3.87. The minimum absolute atomic E-state index is 0.452. The molecule has 0 radical (unpaired) electrons. The van der Waals surface area contributed by atoms with Crippen LogP contribution in [-0.4, -0.2) is 12.1 Å². The molecule has 0 aromatic carbocycles. The van der Waals surface area contributed by atoms with Crippen LogP contribution in [0.25, 0.3) is 0 Å². The Bertz CT molecular complexity index is 230. The molecular formula is C7H9IN2O. The van der Waals surface area contributed by atoms with E-state index in [1.165, 1.54) is 0 Å². The lowest BCUT2D eigenvalue weighted by Crippen LogP contribution is -2.01. The minimum Gasteiger partial charge on any atom is -0.497 e. The van der Waals surface area contributed by atoms with Crippen LogP contribution in [0.2, 0.25) is 0 Å². The zero-order valence-electron chi connectivity index (χ0n) is 6.17. The first-order valence-electron chi connectivity index (χ1n) is 3.17. The highest BCUT2D eigenvalue weighted by Gasteiger charge is 1.98. The molecule has 60 valence electrons. The van der Waals surface area contributed by atoms with E-state index in [9.17, 15) is 0 Å². The van der Waals surface area contributed by atoms with Crippen molar-refractivity contribution in [2.45, 2.75) is 6.54 Å². The molecule has 0 aliphatic heterocycles.